The first-order valence-electron chi connectivity index (χ1n) is 11.1. The summed E-state index contributed by atoms with van der Waals surface area (Å²) in [5.74, 6) is 2.22. The number of amides is 1. The highest BCUT2D eigenvalue weighted by atomic mass is 16.5. The Morgan fingerprint density at radius 3 is 2.88 bits per heavy atom. The van der Waals surface area contributed by atoms with Crippen molar-refractivity contribution in [2.75, 3.05) is 38.2 Å². The van der Waals surface area contributed by atoms with Gasteiger partial charge in [0.2, 0.25) is 5.95 Å². The third kappa shape index (κ3) is 3.67. The van der Waals surface area contributed by atoms with E-state index in [-0.39, 0.29) is 5.91 Å². The van der Waals surface area contributed by atoms with Gasteiger partial charge in [0.15, 0.2) is 0 Å². The number of amidine groups is 1. The van der Waals surface area contributed by atoms with Gasteiger partial charge in [0.25, 0.3) is 5.91 Å². The number of aliphatic imine (C=N–C) groups is 1. The zero-order valence-corrected chi connectivity index (χ0v) is 17.7. The second kappa shape index (κ2) is 7.87. The lowest BCUT2D eigenvalue weighted by molar-refractivity contribution is 0.0303. The Hall–Kier alpha value is -3.52. The molecule has 3 aliphatic rings. The average Bonchev–Trinajstić information content (AvgIpc) is 3.39. The van der Waals surface area contributed by atoms with Crippen LogP contribution in [0.4, 0.5) is 5.95 Å². The van der Waals surface area contributed by atoms with Gasteiger partial charge in [-0.2, -0.15) is 0 Å². The summed E-state index contributed by atoms with van der Waals surface area (Å²) in [4.78, 5) is 28.7. The minimum absolute atomic E-state index is 0.0217. The second-order valence-corrected chi connectivity index (χ2v) is 8.43. The first-order valence-corrected chi connectivity index (χ1v) is 11.1. The third-order valence-electron chi connectivity index (χ3n) is 6.19. The summed E-state index contributed by atoms with van der Waals surface area (Å²) in [6.07, 6.45) is 8.33. The van der Waals surface area contributed by atoms with Crippen molar-refractivity contribution < 1.29 is 9.53 Å². The van der Waals surface area contributed by atoms with E-state index in [9.17, 15) is 4.79 Å². The van der Waals surface area contributed by atoms with Crippen LogP contribution in [0.1, 0.15) is 23.2 Å². The third-order valence-corrected chi connectivity index (χ3v) is 6.19. The van der Waals surface area contributed by atoms with Gasteiger partial charge in [-0.05, 0) is 42.5 Å². The molecule has 162 valence electrons. The van der Waals surface area contributed by atoms with Gasteiger partial charge in [-0.1, -0.05) is 12.1 Å². The van der Waals surface area contributed by atoms with Gasteiger partial charge in [-0.3, -0.25) is 14.2 Å². The molecule has 0 bridgehead atoms. The summed E-state index contributed by atoms with van der Waals surface area (Å²) in [6, 6.07) is 9.57. The van der Waals surface area contributed by atoms with E-state index >= 15 is 0 Å². The van der Waals surface area contributed by atoms with Crippen molar-refractivity contribution in [2.24, 2.45) is 10.9 Å². The summed E-state index contributed by atoms with van der Waals surface area (Å²) >= 11 is 0. The molecule has 2 aromatic heterocycles. The lowest BCUT2D eigenvalue weighted by Gasteiger charge is -2.27. The number of anilines is 1. The van der Waals surface area contributed by atoms with Crippen molar-refractivity contribution in [3.05, 3.63) is 59.9 Å². The number of nitrogens with one attached hydrogen (secondary N) is 1. The maximum atomic E-state index is 12.9. The molecule has 2 aliphatic heterocycles. The fourth-order valence-corrected chi connectivity index (χ4v) is 4.25. The first-order chi connectivity index (χ1) is 15.7. The number of ether oxygens (including phenoxy) is 1. The molecule has 1 aliphatic carbocycles. The molecule has 1 amide bonds. The number of hydrogen-bond donors (Lipinski definition) is 1. The largest absolute Gasteiger partial charge is 0.378 e. The maximum Gasteiger partial charge on any atom is 0.254 e. The minimum Gasteiger partial charge on any atom is -0.378 e. The Labute approximate surface area is 185 Å². The highest BCUT2D eigenvalue weighted by Gasteiger charge is 2.28. The molecule has 8 heteroatoms. The van der Waals surface area contributed by atoms with E-state index in [2.05, 4.69) is 21.4 Å². The second-order valence-electron chi connectivity index (χ2n) is 8.43. The van der Waals surface area contributed by atoms with Crippen LogP contribution in [0.3, 0.4) is 0 Å². The van der Waals surface area contributed by atoms with Crippen LogP contribution in [-0.4, -0.2) is 63.9 Å². The predicted octanol–water partition coefficient (Wildman–Crippen LogP) is 3.03. The van der Waals surface area contributed by atoms with Crippen molar-refractivity contribution in [1.29, 1.82) is 0 Å². The lowest BCUT2D eigenvalue weighted by Crippen LogP contribution is -2.40. The SMILES string of the molecule is O=C(c1cccc(-c2cc3nccn3c(NC3=NCC(C4CC4)=C3)n2)c1)N1CCOCC1. The molecule has 8 nitrogen and oxygen atoms in total. The van der Waals surface area contributed by atoms with Crippen molar-refractivity contribution in [3.8, 4) is 11.3 Å². The van der Waals surface area contributed by atoms with Crippen molar-refractivity contribution in [1.82, 2.24) is 19.3 Å². The summed E-state index contributed by atoms with van der Waals surface area (Å²) in [6.45, 7) is 3.17. The fourth-order valence-electron chi connectivity index (χ4n) is 4.25. The maximum absolute atomic E-state index is 12.9. The van der Waals surface area contributed by atoms with E-state index in [0.717, 1.165) is 29.3 Å². The normalized spacial score (nSPS) is 18.6. The van der Waals surface area contributed by atoms with Crippen LogP contribution < -0.4 is 5.32 Å². The molecule has 3 aromatic rings. The Bertz CT molecular complexity index is 1250. The Morgan fingerprint density at radius 2 is 2.03 bits per heavy atom. The molecule has 0 radical (unpaired) electrons. The number of imidazole rings is 1. The molecule has 6 rings (SSSR count). The molecule has 0 unspecified atom stereocenters. The number of aromatic nitrogens is 3. The van der Waals surface area contributed by atoms with Crippen LogP contribution in [0.2, 0.25) is 0 Å². The standard InChI is InChI=1S/C24H24N6O2/c31-23(29-8-10-32-11-9-29)18-3-1-2-17(12-18)20-14-22-25-6-7-30(22)24(27-20)28-21-13-19(15-26-21)16-4-5-16/h1-3,6-7,12-14,16H,4-5,8-11,15H2,(H,26,27,28). The first kappa shape index (κ1) is 19.2. The number of fused-ring (bicyclic) bond motifs is 1. The van der Waals surface area contributed by atoms with Gasteiger partial charge in [0.1, 0.15) is 11.5 Å². The van der Waals surface area contributed by atoms with Crippen molar-refractivity contribution in [3.63, 3.8) is 0 Å². The molecule has 1 aromatic carbocycles. The molecule has 32 heavy (non-hydrogen) atoms. The predicted molar refractivity (Wildman–Crippen MR) is 122 cm³/mol. The van der Waals surface area contributed by atoms with E-state index in [0.29, 0.717) is 43.7 Å². The van der Waals surface area contributed by atoms with Crippen LogP contribution in [-0.2, 0) is 4.74 Å². The Kier molecular flexibility index (Phi) is 4.72. The number of benzene rings is 1. The summed E-state index contributed by atoms with van der Waals surface area (Å²) in [7, 11) is 0. The number of rotatable bonds is 4. The highest BCUT2D eigenvalue weighted by Crippen LogP contribution is 2.37. The van der Waals surface area contributed by atoms with Crippen LogP contribution >= 0.6 is 0 Å². The molecular weight excluding hydrogens is 404 g/mol. The molecule has 1 saturated heterocycles. The monoisotopic (exact) mass is 428 g/mol. The van der Waals surface area contributed by atoms with Gasteiger partial charge in [-0.15, -0.1) is 0 Å². The van der Waals surface area contributed by atoms with Crippen LogP contribution in [0.5, 0.6) is 0 Å². The zero-order chi connectivity index (χ0) is 21.5. The van der Waals surface area contributed by atoms with Gasteiger partial charge >= 0.3 is 0 Å². The van der Waals surface area contributed by atoms with Crippen molar-refractivity contribution >= 4 is 23.3 Å². The summed E-state index contributed by atoms with van der Waals surface area (Å²) in [5, 5.41) is 3.38. The highest BCUT2D eigenvalue weighted by molar-refractivity contribution is 6.05. The van der Waals surface area contributed by atoms with Gasteiger partial charge in [-0.25, -0.2) is 9.97 Å². The summed E-state index contributed by atoms with van der Waals surface area (Å²) in [5.41, 5.74) is 4.47. The molecular formula is C24H24N6O2. The molecule has 0 atom stereocenters. The van der Waals surface area contributed by atoms with E-state index in [1.165, 1.54) is 18.4 Å². The van der Waals surface area contributed by atoms with Crippen LogP contribution in [0.25, 0.3) is 16.9 Å². The quantitative estimate of drug-likeness (QED) is 0.691. The fraction of sp³-hybridized carbons (Fsp3) is 0.333. The van der Waals surface area contributed by atoms with E-state index < -0.39 is 0 Å². The van der Waals surface area contributed by atoms with Crippen molar-refractivity contribution in [2.45, 2.75) is 12.8 Å². The molecule has 4 heterocycles. The number of carbonyl (C=O) groups excluding carboxylic acids is 1. The van der Waals surface area contributed by atoms with Gasteiger partial charge in [0, 0.05) is 42.7 Å². The lowest BCUT2D eigenvalue weighted by atomic mass is 10.1. The number of carbonyl (C=O) groups is 1. The van der Waals surface area contributed by atoms with Crippen LogP contribution in [0, 0.1) is 5.92 Å². The van der Waals surface area contributed by atoms with E-state index in [1.807, 2.05) is 45.8 Å². The summed E-state index contributed by atoms with van der Waals surface area (Å²) < 4.78 is 7.28. The molecule has 1 N–H and O–H groups in total. The molecule has 0 spiro atoms. The van der Waals surface area contributed by atoms with Gasteiger partial charge < -0.3 is 15.0 Å². The number of nitrogens with zero attached hydrogens (tertiary/aromatic N) is 5. The molecule has 2 fully saturated rings. The number of hydrogen-bond acceptors (Lipinski definition) is 6. The topological polar surface area (TPSA) is 84.1 Å². The van der Waals surface area contributed by atoms with Gasteiger partial charge in [0.05, 0.1) is 25.5 Å². The minimum atomic E-state index is 0.0217. The smallest absolute Gasteiger partial charge is 0.254 e. The van der Waals surface area contributed by atoms with E-state index in [4.69, 9.17) is 9.72 Å². The van der Waals surface area contributed by atoms with E-state index in [1.54, 1.807) is 6.20 Å². The Morgan fingerprint density at radius 1 is 1.16 bits per heavy atom. The van der Waals surface area contributed by atoms with Crippen LogP contribution in [0.15, 0.2) is 59.4 Å². The number of morpholine rings is 1. The Balaban J connectivity index is 1.32. The zero-order valence-electron chi connectivity index (χ0n) is 17.7. The molecule has 1 saturated carbocycles. The average molecular weight is 428 g/mol.